The molecule has 0 bridgehead atoms. The minimum absolute atomic E-state index is 0.161. The summed E-state index contributed by atoms with van der Waals surface area (Å²) in [7, 11) is 0. The lowest BCUT2D eigenvalue weighted by molar-refractivity contribution is -0.133. The second-order valence-electron chi connectivity index (χ2n) is 4.75. The largest absolute Gasteiger partial charge is 0.381 e. The fraction of sp³-hybridized carbons (Fsp3) is 0.917. The van der Waals surface area contributed by atoms with E-state index in [1.165, 1.54) is 0 Å². The molecular weight excluding hydrogens is 192 g/mol. The summed E-state index contributed by atoms with van der Waals surface area (Å²) in [5.74, 6) is 0.899. The lowest BCUT2D eigenvalue weighted by atomic mass is 9.87. The molecule has 0 spiro atoms. The number of carbonyl (C=O) groups excluding carboxylic acids is 1. The Morgan fingerprint density at radius 2 is 2.00 bits per heavy atom. The molecule has 86 valence electrons. The van der Waals surface area contributed by atoms with Gasteiger partial charge in [-0.05, 0) is 25.2 Å². The summed E-state index contributed by atoms with van der Waals surface area (Å²) in [5, 5.41) is 0. The van der Waals surface area contributed by atoms with Crippen molar-refractivity contribution in [2.45, 2.75) is 51.2 Å². The van der Waals surface area contributed by atoms with E-state index >= 15 is 0 Å². The molecule has 2 atom stereocenters. The average Bonchev–Trinajstić information content (AvgIpc) is 2.25. The number of hydrogen-bond donors (Lipinski definition) is 0. The maximum absolute atomic E-state index is 11.4. The predicted molar refractivity (Wildman–Crippen MR) is 56.7 cm³/mol. The van der Waals surface area contributed by atoms with E-state index in [0.29, 0.717) is 24.2 Å². The van der Waals surface area contributed by atoms with Crippen molar-refractivity contribution in [2.75, 3.05) is 13.2 Å². The molecule has 1 aliphatic heterocycles. The van der Waals surface area contributed by atoms with E-state index < -0.39 is 0 Å². The highest BCUT2D eigenvalue weighted by atomic mass is 16.5. The van der Waals surface area contributed by atoms with Crippen LogP contribution in [0.25, 0.3) is 0 Å². The van der Waals surface area contributed by atoms with Crippen molar-refractivity contribution in [3.8, 4) is 0 Å². The Kier molecular flexibility index (Phi) is 3.76. The highest BCUT2D eigenvalue weighted by Crippen LogP contribution is 2.27. The zero-order valence-electron chi connectivity index (χ0n) is 9.41. The number of rotatable bonds is 2. The van der Waals surface area contributed by atoms with Crippen molar-refractivity contribution in [3.05, 3.63) is 0 Å². The zero-order chi connectivity index (χ0) is 10.7. The molecule has 1 aliphatic carbocycles. The van der Waals surface area contributed by atoms with Crippen molar-refractivity contribution < 1.29 is 14.3 Å². The first-order chi connectivity index (χ1) is 7.25. The Labute approximate surface area is 91.1 Å². The summed E-state index contributed by atoms with van der Waals surface area (Å²) in [6.07, 6.45) is 4.81. The van der Waals surface area contributed by atoms with Gasteiger partial charge in [-0.1, -0.05) is 6.92 Å². The fourth-order valence-corrected chi connectivity index (χ4v) is 2.34. The summed E-state index contributed by atoms with van der Waals surface area (Å²) < 4.78 is 11.3. The monoisotopic (exact) mass is 212 g/mol. The van der Waals surface area contributed by atoms with Crippen molar-refractivity contribution in [1.82, 2.24) is 0 Å². The molecular formula is C12H20O3. The van der Waals surface area contributed by atoms with Gasteiger partial charge in [0.15, 0.2) is 0 Å². The Morgan fingerprint density at radius 1 is 1.27 bits per heavy atom. The van der Waals surface area contributed by atoms with Crippen LogP contribution in [0.15, 0.2) is 0 Å². The lowest BCUT2D eigenvalue weighted by Crippen LogP contribution is -2.36. The highest BCUT2D eigenvalue weighted by molar-refractivity contribution is 5.79. The summed E-state index contributed by atoms with van der Waals surface area (Å²) in [6, 6.07) is 0. The minimum Gasteiger partial charge on any atom is -0.381 e. The van der Waals surface area contributed by atoms with Crippen LogP contribution in [0.1, 0.15) is 39.0 Å². The molecule has 0 amide bonds. The molecule has 2 unspecified atom stereocenters. The molecule has 1 heterocycles. The van der Waals surface area contributed by atoms with E-state index in [0.717, 1.165) is 38.9 Å². The Bertz CT molecular complexity index is 221. The van der Waals surface area contributed by atoms with Crippen LogP contribution < -0.4 is 0 Å². The average molecular weight is 212 g/mol. The third kappa shape index (κ3) is 3.02. The van der Waals surface area contributed by atoms with E-state index in [4.69, 9.17) is 9.47 Å². The van der Waals surface area contributed by atoms with Crippen LogP contribution >= 0.6 is 0 Å². The molecule has 0 radical (unpaired) electrons. The first-order valence-electron chi connectivity index (χ1n) is 6.00. The Hall–Kier alpha value is -0.410. The Balaban J connectivity index is 1.83. The maximum atomic E-state index is 11.4. The first kappa shape index (κ1) is 11.1. The summed E-state index contributed by atoms with van der Waals surface area (Å²) in [5.41, 5.74) is 0. The molecule has 0 N–H and O–H groups in total. The molecule has 1 saturated heterocycles. The van der Waals surface area contributed by atoms with Crippen LogP contribution in [-0.4, -0.2) is 31.2 Å². The maximum Gasteiger partial charge on any atom is 0.135 e. The molecule has 3 heteroatoms. The van der Waals surface area contributed by atoms with Gasteiger partial charge in [-0.25, -0.2) is 0 Å². The molecule has 2 rings (SSSR count). The van der Waals surface area contributed by atoms with Crippen LogP contribution in [0, 0.1) is 5.92 Å². The SMILES string of the molecule is CC1CCC(=O)CC1OC1CCOCC1. The van der Waals surface area contributed by atoms with Gasteiger partial charge in [0, 0.05) is 26.1 Å². The van der Waals surface area contributed by atoms with E-state index in [2.05, 4.69) is 6.92 Å². The topological polar surface area (TPSA) is 35.5 Å². The number of carbonyl (C=O) groups is 1. The summed E-state index contributed by atoms with van der Waals surface area (Å²) in [6.45, 7) is 3.80. The normalized spacial score (nSPS) is 34.3. The molecule has 2 fully saturated rings. The van der Waals surface area contributed by atoms with Crippen LogP contribution in [0.5, 0.6) is 0 Å². The smallest absolute Gasteiger partial charge is 0.135 e. The Morgan fingerprint density at radius 3 is 2.73 bits per heavy atom. The van der Waals surface area contributed by atoms with Gasteiger partial charge in [-0.2, -0.15) is 0 Å². The number of ketones is 1. The van der Waals surface area contributed by atoms with Gasteiger partial charge in [-0.3, -0.25) is 4.79 Å². The quantitative estimate of drug-likeness (QED) is 0.701. The predicted octanol–water partition coefficient (Wildman–Crippen LogP) is 1.94. The van der Waals surface area contributed by atoms with Gasteiger partial charge in [-0.15, -0.1) is 0 Å². The number of Topliss-reactive ketones (excluding diaryl/α,β-unsaturated/α-hetero) is 1. The molecule has 3 nitrogen and oxygen atoms in total. The second-order valence-corrected chi connectivity index (χ2v) is 4.75. The third-order valence-corrected chi connectivity index (χ3v) is 3.48. The van der Waals surface area contributed by atoms with Gasteiger partial charge in [0.1, 0.15) is 5.78 Å². The molecule has 0 aromatic heterocycles. The third-order valence-electron chi connectivity index (χ3n) is 3.48. The van der Waals surface area contributed by atoms with Crippen LogP contribution in [-0.2, 0) is 14.3 Å². The molecule has 15 heavy (non-hydrogen) atoms. The standard InChI is InChI=1S/C12H20O3/c1-9-2-3-10(13)8-12(9)15-11-4-6-14-7-5-11/h9,11-12H,2-8H2,1H3. The van der Waals surface area contributed by atoms with Crippen LogP contribution in [0.4, 0.5) is 0 Å². The van der Waals surface area contributed by atoms with E-state index in [1.54, 1.807) is 0 Å². The fourth-order valence-electron chi connectivity index (χ4n) is 2.34. The van der Waals surface area contributed by atoms with Gasteiger partial charge in [0.25, 0.3) is 0 Å². The molecule has 0 aromatic carbocycles. The second kappa shape index (κ2) is 5.08. The zero-order valence-corrected chi connectivity index (χ0v) is 9.41. The van der Waals surface area contributed by atoms with E-state index in [9.17, 15) is 4.79 Å². The molecule has 0 aromatic rings. The van der Waals surface area contributed by atoms with Crippen LogP contribution in [0.3, 0.4) is 0 Å². The van der Waals surface area contributed by atoms with E-state index in [1.807, 2.05) is 0 Å². The molecule has 1 saturated carbocycles. The number of hydrogen-bond acceptors (Lipinski definition) is 3. The van der Waals surface area contributed by atoms with Crippen molar-refractivity contribution in [1.29, 1.82) is 0 Å². The minimum atomic E-state index is 0.161. The van der Waals surface area contributed by atoms with Crippen molar-refractivity contribution in [2.24, 2.45) is 5.92 Å². The highest BCUT2D eigenvalue weighted by Gasteiger charge is 2.29. The van der Waals surface area contributed by atoms with E-state index in [-0.39, 0.29) is 6.10 Å². The van der Waals surface area contributed by atoms with Gasteiger partial charge in [0.05, 0.1) is 12.2 Å². The van der Waals surface area contributed by atoms with Gasteiger partial charge >= 0.3 is 0 Å². The van der Waals surface area contributed by atoms with Gasteiger partial charge < -0.3 is 9.47 Å². The van der Waals surface area contributed by atoms with Crippen molar-refractivity contribution in [3.63, 3.8) is 0 Å². The van der Waals surface area contributed by atoms with Crippen LogP contribution in [0.2, 0.25) is 0 Å². The van der Waals surface area contributed by atoms with Crippen molar-refractivity contribution >= 4 is 5.78 Å². The summed E-state index contributed by atoms with van der Waals surface area (Å²) >= 11 is 0. The lowest BCUT2D eigenvalue weighted by Gasteiger charge is -2.33. The first-order valence-corrected chi connectivity index (χ1v) is 6.00. The number of ether oxygens (including phenoxy) is 2. The van der Waals surface area contributed by atoms with Gasteiger partial charge in [0.2, 0.25) is 0 Å². The molecule has 2 aliphatic rings. The summed E-state index contributed by atoms with van der Waals surface area (Å²) in [4.78, 5) is 11.4.